The van der Waals surface area contributed by atoms with Crippen molar-refractivity contribution < 1.29 is 23.8 Å². The van der Waals surface area contributed by atoms with Crippen LogP contribution in [0.5, 0.6) is 0 Å². The molecule has 68 valence electrons. The highest BCUT2D eigenvalue weighted by molar-refractivity contribution is 5.85. The van der Waals surface area contributed by atoms with Crippen LogP contribution >= 0.6 is 0 Å². The van der Waals surface area contributed by atoms with Crippen molar-refractivity contribution in [1.82, 2.24) is 0 Å². The number of hydrogen-bond acceptors (Lipinski definition) is 5. The summed E-state index contributed by atoms with van der Waals surface area (Å²) in [5, 5.41) is 0. The van der Waals surface area contributed by atoms with Crippen molar-refractivity contribution in [2.75, 3.05) is 20.3 Å². The Labute approximate surface area is 69.6 Å². The predicted molar refractivity (Wildman–Crippen MR) is 37.3 cm³/mol. The van der Waals surface area contributed by atoms with E-state index in [2.05, 4.69) is 4.74 Å². The summed E-state index contributed by atoms with van der Waals surface area (Å²) in [7, 11) is 1.51. The molecule has 1 fully saturated rings. The molecule has 0 N–H and O–H groups in total. The van der Waals surface area contributed by atoms with E-state index in [-0.39, 0.29) is 6.61 Å². The molecule has 1 aliphatic rings. The van der Waals surface area contributed by atoms with Gasteiger partial charge in [0.05, 0.1) is 6.61 Å². The molecule has 1 atom stereocenters. The molecule has 5 heteroatoms. The highest BCUT2D eigenvalue weighted by Gasteiger charge is 2.29. The molecule has 12 heavy (non-hydrogen) atoms. The molecular formula is C7H10O5. The van der Waals surface area contributed by atoms with Gasteiger partial charge in [-0.3, -0.25) is 0 Å². The van der Waals surface area contributed by atoms with Crippen molar-refractivity contribution >= 4 is 11.9 Å². The number of ether oxygens (including phenoxy) is 3. The van der Waals surface area contributed by atoms with Gasteiger partial charge in [0.25, 0.3) is 0 Å². The summed E-state index contributed by atoms with van der Waals surface area (Å²) in [6, 6.07) is 0. The SMILES string of the molecule is COCCC1OC(=O)COC1=O. The van der Waals surface area contributed by atoms with Crippen molar-refractivity contribution in [2.45, 2.75) is 12.5 Å². The van der Waals surface area contributed by atoms with Gasteiger partial charge in [-0.15, -0.1) is 0 Å². The Kier molecular flexibility index (Phi) is 3.04. The molecule has 1 unspecified atom stereocenters. The first-order valence-corrected chi connectivity index (χ1v) is 3.59. The second kappa shape index (κ2) is 4.06. The molecule has 0 saturated carbocycles. The molecule has 0 aromatic heterocycles. The third-order valence-corrected chi connectivity index (χ3v) is 1.45. The number of esters is 2. The van der Waals surface area contributed by atoms with Gasteiger partial charge in [-0.2, -0.15) is 0 Å². The van der Waals surface area contributed by atoms with Crippen LogP contribution < -0.4 is 0 Å². The van der Waals surface area contributed by atoms with Crippen molar-refractivity contribution in [3.8, 4) is 0 Å². The standard InChI is InChI=1S/C7H10O5/c1-10-3-2-5-7(9)11-4-6(8)12-5/h5H,2-4H2,1H3. The zero-order chi connectivity index (χ0) is 8.97. The summed E-state index contributed by atoms with van der Waals surface area (Å²) < 4.78 is 14.0. The van der Waals surface area contributed by atoms with Crippen LogP contribution in [0.15, 0.2) is 0 Å². The first-order valence-electron chi connectivity index (χ1n) is 3.59. The Balaban J connectivity index is 2.38. The van der Waals surface area contributed by atoms with Crippen LogP contribution in [0.4, 0.5) is 0 Å². The third kappa shape index (κ3) is 2.20. The normalized spacial score (nSPS) is 23.2. The van der Waals surface area contributed by atoms with Gasteiger partial charge in [0, 0.05) is 13.5 Å². The third-order valence-electron chi connectivity index (χ3n) is 1.45. The van der Waals surface area contributed by atoms with Gasteiger partial charge >= 0.3 is 11.9 Å². The van der Waals surface area contributed by atoms with Gasteiger partial charge in [-0.25, -0.2) is 9.59 Å². The van der Waals surface area contributed by atoms with Gasteiger partial charge in [-0.05, 0) is 0 Å². The molecule has 1 rings (SSSR count). The minimum Gasteiger partial charge on any atom is -0.451 e. The molecule has 1 aliphatic heterocycles. The largest absolute Gasteiger partial charge is 0.451 e. The van der Waals surface area contributed by atoms with Crippen LogP contribution in [0.25, 0.3) is 0 Å². The molecule has 0 radical (unpaired) electrons. The molecule has 0 aromatic rings. The lowest BCUT2D eigenvalue weighted by Gasteiger charge is -2.20. The average molecular weight is 174 g/mol. The van der Waals surface area contributed by atoms with E-state index in [1.54, 1.807) is 0 Å². The van der Waals surface area contributed by atoms with Crippen LogP contribution in [0.1, 0.15) is 6.42 Å². The topological polar surface area (TPSA) is 61.8 Å². The lowest BCUT2D eigenvalue weighted by Crippen LogP contribution is -2.38. The summed E-state index contributed by atoms with van der Waals surface area (Å²) in [6.45, 7) is 0.0926. The fourth-order valence-electron chi connectivity index (χ4n) is 0.865. The van der Waals surface area contributed by atoms with Gasteiger partial charge in [0.2, 0.25) is 6.10 Å². The lowest BCUT2D eigenvalue weighted by atomic mass is 10.2. The zero-order valence-electron chi connectivity index (χ0n) is 6.74. The molecule has 5 nitrogen and oxygen atoms in total. The Morgan fingerprint density at radius 2 is 2.33 bits per heavy atom. The van der Waals surface area contributed by atoms with Crippen LogP contribution in [-0.2, 0) is 23.8 Å². The fraction of sp³-hybridized carbons (Fsp3) is 0.714. The van der Waals surface area contributed by atoms with E-state index in [0.717, 1.165) is 0 Å². The summed E-state index contributed by atoms with van der Waals surface area (Å²) in [5.74, 6) is -0.998. The molecule has 1 heterocycles. The Hall–Kier alpha value is -1.10. The first-order chi connectivity index (χ1) is 5.74. The molecule has 1 saturated heterocycles. The maximum Gasteiger partial charge on any atom is 0.348 e. The lowest BCUT2D eigenvalue weighted by molar-refractivity contribution is -0.185. The predicted octanol–water partition coefficient (Wildman–Crippen LogP) is -0.509. The number of hydrogen-bond donors (Lipinski definition) is 0. The van der Waals surface area contributed by atoms with E-state index in [1.165, 1.54) is 7.11 Å². The minimum absolute atomic E-state index is 0.275. The van der Waals surface area contributed by atoms with Crippen LogP contribution in [0, 0.1) is 0 Å². The Bertz CT molecular complexity index is 188. The van der Waals surface area contributed by atoms with Gasteiger partial charge < -0.3 is 14.2 Å². The van der Waals surface area contributed by atoms with Crippen LogP contribution in [-0.4, -0.2) is 38.4 Å². The van der Waals surface area contributed by atoms with Crippen molar-refractivity contribution in [3.05, 3.63) is 0 Å². The second-order valence-electron chi connectivity index (χ2n) is 2.37. The summed E-state index contributed by atoms with van der Waals surface area (Å²) >= 11 is 0. The Morgan fingerprint density at radius 1 is 1.58 bits per heavy atom. The number of methoxy groups -OCH3 is 1. The van der Waals surface area contributed by atoms with Crippen LogP contribution in [0.2, 0.25) is 0 Å². The summed E-state index contributed by atoms with van der Waals surface area (Å²) in [5.41, 5.74) is 0. The maximum atomic E-state index is 10.9. The van der Waals surface area contributed by atoms with E-state index < -0.39 is 18.0 Å². The van der Waals surface area contributed by atoms with Gasteiger partial charge in [0.1, 0.15) is 0 Å². The zero-order valence-corrected chi connectivity index (χ0v) is 6.74. The summed E-state index contributed by atoms with van der Waals surface area (Å²) in [4.78, 5) is 21.5. The number of carbonyl (C=O) groups is 2. The Morgan fingerprint density at radius 3 is 3.00 bits per heavy atom. The van der Waals surface area contributed by atoms with Gasteiger partial charge in [-0.1, -0.05) is 0 Å². The number of cyclic esters (lactones) is 2. The molecule has 0 aliphatic carbocycles. The molecule has 0 bridgehead atoms. The summed E-state index contributed by atoms with van der Waals surface area (Å²) in [6.07, 6.45) is -0.438. The minimum atomic E-state index is -0.786. The monoisotopic (exact) mass is 174 g/mol. The van der Waals surface area contributed by atoms with E-state index in [9.17, 15) is 9.59 Å². The van der Waals surface area contributed by atoms with Gasteiger partial charge in [0.15, 0.2) is 6.61 Å². The smallest absolute Gasteiger partial charge is 0.348 e. The van der Waals surface area contributed by atoms with E-state index in [4.69, 9.17) is 9.47 Å². The highest BCUT2D eigenvalue weighted by atomic mass is 16.6. The van der Waals surface area contributed by atoms with Crippen molar-refractivity contribution in [3.63, 3.8) is 0 Å². The van der Waals surface area contributed by atoms with Crippen molar-refractivity contribution in [2.24, 2.45) is 0 Å². The first kappa shape index (κ1) is 8.99. The van der Waals surface area contributed by atoms with Crippen molar-refractivity contribution in [1.29, 1.82) is 0 Å². The number of rotatable bonds is 3. The van der Waals surface area contributed by atoms with E-state index >= 15 is 0 Å². The number of carbonyl (C=O) groups excluding carboxylic acids is 2. The van der Waals surface area contributed by atoms with E-state index in [0.29, 0.717) is 13.0 Å². The average Bonchev–Trinajstić information content (AvgIpc) is 2.07. The molecular weight excluding hydrogens is 164 g/mol. The highest BCUT2D eigenvalue weighted by Crippen LogP contribution is 2.07. The second-order valence-corrected chi connectivity index (χ2v) is 2.37. The van der Waals surface area contributed by atoms with Crippen LogP contribution in [0.3, 0.4) is 0 Å². The maximum absolute atomic E-state index is 10.9. The van der Waals surface area contributed by atoms with E-state index in [1.807, 2.05) is 0 Å². The molecule has 0 spiro atoms. The molecule has 0 amide bonds. The molecule has 0 aromatic carbocycles. The quantitative estimate of drug-likeness (QED) is 0.539. The fourth-order valence-corrected chi connectivity index (χ4v) is 0.865.